The first-order chi connectivity index (χ1) is 8.36. The van der Waals surface area contributed by atoms with Crippen molar-refractivity contribution in [2.45, 2.75) is 0 Å². The van der Waals surface area contributed by atoms with Crippen molar-refractivity contribution in [1.29, 1.82) is 0 Å². The van der Waals surface area contributed by atoms with E-state index < -0.39 is 0 Å². The number of anilines is 1. The van der Waals surface area contributed by atoms with Crippen molar-refractivity contribution in [3.63, 3.8) is 0 Å². The summed E-state index contributed by atoms with van der Waals surface area (Å²) < 4.78 is 5.30. The molecule has 0 amide bonds. The van der Waals surface area contributed by atoms with Crippen molar-refractivity contribution in [2.24, 2.45) is 0 Å². The van der Waals surface area contributed by atoms with Crippen molar-refractivity contribution >= 4 is 27.8 Å². The monoisotopic (exact) mass is 264 g/mol. The second-order valence-corrected chi connectivity index (χ2v) is 5.18. The molecule has 0 aliphatic heterocycles. The number of thiazole rings is 1. The molecule has 0 spiro atoms. The second-order valence-electron chi connectivity index (χ2n) is 3.17. The van der Waals surface area contributed by atoms with E-state index in [1.807, 2.05) is 19.2 Å². The van der Waals surface area contributed by atoms with Gasteiger partial charge in [0, 0.05) is 13.2 Å². The van der Waals surface area contributed by atoms with E-state index in [0.717, 1.165) is 25.8 Å². The van der Waals surface area contributed by atoms with Crippen LogP contribution in [0.4, 0.5) is 5.13 Å². The Labute approximate surface area is 105 Å². The van der Waals surface area contributed by atoms with E-state index in [9.17, 15) is 0 Å². The molecule has 3 aromatic rings. The molecule has 3 rings (SSSR count). The fourth-order valence-electron chi connectivity index (χ4n) is 1.31. The quantitative estimate of drug-likeness (QED) is 0.788. The predicted molar refractivity (Wildman–Crippen MR) is 68.3 cm³/mol. The largest absolute Gasteiger partial charge is 0.462 e. The molecule has 3 aromatic heterocycles. The maximum atomic E-state index is 5.30. The SMILES string of the molecule is CNc1nnc(-c2cnc(-c3ccco3)s2)s1. The molecule has 0 unspecified atom stereocenters. The van der Waals surface area contributed by atoms with Crippen LogP contribution in [0.25, 0.3) is 20.7 Å². The molecule has 17 heavy (non-hydrogen) atoms. The average Bonchev–Trinajstić information content (AvgIpc) is 3.09. The van der Waals surface area contributed by atoms with Gasteiger partial charge in [-0.2, -0.15) is 0 Å². The maximum absolute atomic E-state index is 5.30. The predicted octanol–water partition coefficient (Wildman–Crippen LogP) is 2.96. The molecule has 86 valence electrons. The van der Waals surface area contributed by atoms with E-state index in [0.29, 0.717) is 0 Å². The second kappa shape index (κ2) is 4.27. The Hall–Kier alpha value is -1.73. The fraction of sp³-hybridized carbons (Fsp3) is 0.100. The molecule has 0 saturated heterocycles. The van der Waals surface area contributed by atoms with E-state index in [1.165, 1.54) is 11.3 Å². The normalized spacial score (nSPS) is 10.6. The van der Waals surface area contributed by atoms with Crippen molar-refractivity contribution in [3.8, 4) is 20.7 Å². The number of aromatic nitrogens is 3. The summed E-state index contributed by atoms with van der Waals surface area (Å²) in [5.74, 6) is 0.777. The van der Waals surface area contributed by atoms with Gasteiger partial charge < -0.3 is 9.73 Å². The highest BCUT2D eigenvalue weighted by Crippen LogP contribution is 2.34. The van der Waals surface area contributed by atoms with Gasteiger partial charge in [0.05, 0.1) is 11.1 Å². The summed E-state index contributed by atoms with van der Waals surface area (Å²) >= 11 is 3.05. The lowest BCUT2D eigenvalue weighted by atomic mass is 10.5. The zero-order chi connectivity index (χ0) is 11.7. The van der Waals surface area contributed by atoms with Crippen molar-refractivity contribution in [3.05, 3.63) is 24.6 Å². The summed E-state index contributed by atoms with van der Waals surface area (Å²) in [4.78, 5) is 5.31. The first-order valence-corrected chi connectivity index (χ1v) is 6.51. The summed E-state index contributed by atoms with van der Waals surface area (Å²) in [6.45, 7) is 0. The molecule has 0 fully saturated rings. The fourth-order valence-corrected chi connectivity index (χ4v) is 2.93. The lowest BCUT2D eigenvalue weighted by Gasteiger charge is -1.86. The lowest BCUT2D eigenvalue weighted by Crippen LogP contribution is -1.84. The number of nitrogens with one attached hydrogen (secondary N) is 1. The highest BCUT2D eigenvalue weighted by molar-refractivity contribution is 7.24. The van der Waals surface area contributed by atoms with Crippen molar-refractivity contribution in [2.75, 3.05) is 12.4 Å². The van der Waals surface area contributed by atoms with Gasteiger partial charge in [-0.1, -0.05) is 11.3 Å². The van der Waals surface area contributed by atoms with Crippen LogP contribution in [0.3, 0.4) is 0 Å². The van der Waals surface area contributed by atoms with Gasteiger partial charge in [-0.25, -0.2) is 4.98 Å². The van der Waals surface area contributed by atoms with Crippen molar-refractivity contribution < 1.29 is 4.42 Å². The Bertz CT molecular complexity index is 614. The highest BCUT2D eigenvalue weighted by Gasteiger charge is 2.12. The van der Waals surface area contributed by atoms with E-state index in [2.05, 4.69) is 20.5 Å². The van der Waals surface area contributed by atoms with Crippen LogP contribution in [0.1, 0.15) is 0 Å². The molecule has 0 aliphatic rings. The Morgan fingerprint density at radius 2 is 2.18 bits per heavy atom. The van der Waals surface area contributed by atoms with Gasteiger partial charge in [-0.3, -0.25) is 0 Å². The molecule has 0 atom stereocenters. The number of hydrogen-bond acceptors (Lipinski definition) is 7. The van der Waals surface area contributed by atoms with Crippen LogP contribution in [-0.2, 0) is 0 Å². The molecule has 3 heterocycles. The van der Waals surface area contributed by atoms with Gasteiger partial charge in [0.2, 0.25) is 5.13 Å². The zero-order valence-corrected chi connectivity index (χ0v) is 10.5. The van der Waals surface area contributed by atoms with Gasteiger partial charge in [0.1, 0.15) is 0 Å². The Morgan fingerprint density at radius 3 is 2.88 bits per heavy atom. The van der Waals surface area contributed by atoms with Gasteiger partial charge in [0.15, 0.2) is 15.8 Å². The summed E-state index contributed by atoms with van der Waals surface area (Å²) in [6, 6.07) is 3.74. The summed E-state index contributed by atoms with van der Waals surface area (Å²) in [5.41, 5.74) is 0. The lowest BCUT2D eigenvalue weighted by molar-refractivity contribution is 0.582. The van der Waals surface area contributed by atoms with Gasteiger partial charge in [-0.05, 0) is 12.1 Å². The van der Waals surface area contributed by atoms with Crippen LogP contribution in [0, 0.1) is 0 Å². The molecule has 5 nitrogen and oxygen atoms in total. The topological polar surface area (TPSA) is 63.8 Å². The van der Waals surface area contributed by atoms with Crippen LogP contribution in [-0.4, -0.2) is 22.2 Å². The summed E-state index contributed by atoms with van der Waals surface area (Å²) in [6.07, 6.45) is 3.43. The molecule has 7 heteroatoms. The van der Waals surface area contributed by atoms with Crippen LogP contribution < -0.4 is 5.32 Å². The average molecular weight is 264 g/mol. The number of rotatable bonds is 3. The Balaban J connectivity index is 1.94. The van der Waals surface area contributed by atoms with Gasteiger partial charge >= 0.3 is 0 Å². The Kier molecular flexibility index (Phi) is 2.62. The van der Waals surface area contributed by atoms with Gasteiger partial charge in [-0.15, -0.1) is 21.5 Å². The molecule has 0 saturated carbocycles. The smallest absolute Gasteiger partial charge is 0.205 e. The minimum Gasteiger partial charge on any atom is -0.462 e. The van der Waals surface area contributed by atoms with Crippen LogP contribution in [0.2, 0.25) is 0 Å². The molecule has 0 aromatic carbocycles. The van der Waals surface area contributed by atoms with E-state index in [1.54, 1.807) is 23.8 Å². The third-order valence-corrected chi connectivity index (χ3v) is 4.21. The first kappa shape index (κ1) is 10.4. The van der Waals surface area contributed by atoms with E-state index >= 15 is 0 Å². The molecular weight excluding hydrogens is 256 g/mol. The summed E-state index contributed by atoms with van der Waals surface area (Å²) in [7, 11) is 1.82. The summed E-state index contributed by atoms with van der Waals surface area (Å²) in [5, 5.41) is 13.6. The molecule has 0 radical (unpaired) electrons. The third-order valence-electron chi connectivity index (χ3n) is 2.09. The molecular formula is C10H8N4OS2. The van der Waals surface area contributed by atoms with Gasteiger partial charge in [0.25, 0.3) is 0 Å². The number of hydrogen-bond donors (Lipinski definition) is 1. The molecule has 1 N–H and O–H groups in total. The Morgan fingerprint density at radius 1 is 1.24 bits per heavy atom. The minimum absolute atomic E-state index is 0.777. The van der Waals surface area contributed by atoms with Crippen LogP contribution in [0.5, 0.6) is 0 Å². The minimum atomic E-state index is 0.777. The van der Waals surface area contributed by atoms with Crippen LogP contribution >= 0.6 is 22.7 Å². The van der Waals surface area contributed by atoms with Crippen LogP contribution in [0.15, 0.2) is 29.0 Å². The highest BCUT2D eigenvalue weighted by atomic mass is 32.1. The van der Waals surface area contributed by atoms with Crippen molar-refractivity contribution in [1.82, 2.24) is 15.2 Å². The third kappa shape index (κ3) is 1.94. The maximum Gasteiger partial charge on any atom is 0.205 e. The molecule has 0 aliphatic carbocycles. The van der Waals surface area contributed by atoms with E-state index in [4.69, 9.17) is 4.42 Å². The number of furan rings is 1. The zero-order valence-electron chi connectivity index (χ0n) is 8.88. The van der Waals surface area contributed by atoms with E-state index in [-0.39, 0.29) is 0 Å². The first-order valence-electron chi connectivity index (χ1n) is 4.88. The standard InChI is InChI=1S/C10H8N4OS2/c1-11-10-14-13-9(17-10)7-5-12-8(16-7)6-3-2-4-15-6/h2-5H,1H3,(H,11,14). The number of nitrogens with zero attached hydrogens (tertiary/aromatic N) is 3. The molecule has 0 bridgehead atoms.